The Bertz CT molecular complexity index is 1100. The Hall–Kier alpha value is -3.55. The standard InChI is InChI=1S/C21H25N5O3/c1-4-5-10-25(3)19(22)14-11-15(18(28)12-17(14)27)20-23-24-21(29)26(20)16-9-7-6-8-13(16)2/h6-9,11-12,22,27-28H,4-5,10H2,1-3H3,(H,24,29). The average Bonchev–Trinajstić information content (AvgIpc) is 3.07. The van der Waals surface area contributed by atoms with Gasteiger partial charge in [0.25, 0.3) is 0 Å². The number of para-hydroxylation sites is 1. The summed E-state index contributed by atoms with van der Waals surface area (Å²) in [4.78, 5) is 14.2. The number of aromatic amines is 1. The van der Waals surface area contributed by atoms with E-state index < -0.39 is 5.69 Å². The second-order valence-electron chi connectivity index (χ2n) is 6.98. The van der Waals surface area contributed by atoms with Gasteiger partial charge in [0.2, 0.25) is 0 Å². The molecular formula is C21H25N5O3. The number of amidine groups is 1. The lowest BCUT2D eigenvalue weighted by atomic mass is 10.1. The molecule has 1 heterocycles. The normalized spacial score (nSPS) is 10.9. The van der Waals surface area contributed by atoms with Gasteiger partial charge >= 0.3 is 5.69 Å². The van der Waals surface area contributed by atoms with Crippen LogP contribution in [0.4, 0.5) is 0 Å². The highest BCUT2D eigenvalue weighted by Gasteiger charge is 2.21. The molecule has 0 aliphatic rings. The zero-order valence-corrected chi connectivity index (χ0v) is 16.7. The lowest BCUT2D eigenvalue weighted by Gasteiger charge is -2.21. The topological polar surface area (TPSA) is 118 Å². The van der Waals surface area contributed by atoms with Crippen LogP contribution < -0.4 is 5.69 Å². The van der Waals surface area contributed by atoms with Gasteiger partial charge in [-0.05, 0) is 31.0 Å². The van der Waals surface area contributed by atoms with Crippen molar-refractivity contribution >= 4 is 5.84 Å². The van der Waals surface area contributed by atoms with Crippen LogP contribution in [0.5, 0.6) is 11.5 Å². The molecule has 0 atom stereocenters. The first-order chi connectivity index (χ1) is 13.8. The number of rotatable bonds is 6. The van der Waals surface area contributed by atoms with Crippen LogP contribution in [0.15, 0.2) is 41.2 Å². The fourth-order valence-corrected chi connectivity index (χ4v) is 3.17. The number of H-pyrrole nitrogens is 1. The van der Waals surface area contributed by atoms with E-state index in [1.165, 1.54) is 16.7 Å². The Labute approximate surface area is 168 Å². The Morgan fingerprint density at radius 2 is 1.97 bits per heavy atom. The van der Waals surface area contributed by atoms with E-state index in [9.17, 15) is 15.0 Å². The number of aromatic nitrogens is 3. The number of nitrogens with one attached hydrogen (secondary N) is 2. The van der Waals surface area contributed by atoms with Crippen molar-refractivity contribution in [2.75, 3.05) is 13.6 Å². The first kappa shape index (κ1) is 20.2. The first-order valence-corrected chi connectivity index (χ1v) is 9.45. The van der Waals surface area contributed by atoms with Gasteiger partial charge in [-0.1, -0.05) is 31.5 Å². The molecule has 0 radical (unpaired) electrons. The minimum absolute atomic E-state index is 0.123. The number of hydrogen-bond donors (Lipinski definition) is 4. The van der Waals surface area contributed by atoms with Crippen LogP contribution in [0.25, 0.3) is 17.1 Å². The van der Waals surface area contributed by atoms with Crippen molar-refractivity contribution in [3.63, 3.8) is 0 Å². The summed E-state index contributed by atoms with van der Waals surface area (Å²) in [5, 5.41) is 35.7. The monoisotopic (exact) mass is 395 g/mol. The molecule has 8 nitrogen and oxygen atoms in total. The summed E-state index contributed by atoms with van der Waals surface area (Å²) >= 11 is 0. The van der Waals surface area contributed by atoms with E-state index in [-0.39, 0.29) is 34.3 Å². The van der Waals surface area contributed by atoms with Crippen molar-refractivity contribution in [1.82, 2.24) is 19.7 Å². The lowest BCUT2D eigenvalue weighted by molar-refractivity contribution is 0.445. The maximum Gasteiger partial charge on any atom is 0.348 e. The smallest absolute Gasteiger partial charge is 0.348 e. The molecule has 0 fully saturated rings. The van der Waals surface area contributed by atoms with E-state index in [0.717, 1.165) is 18.4 Å². The molecule has 0 unspecified atom stereocenters. The Morgan fingerprint density at radius 3 is 2.66 bits per heavy atom. The van der Waals surface area contributed by atoms with Crippen molar-refractivity contribution in [2.45, 2.75) is 26.7 Å². The molecule has 2 aromatic carbocycles. The molecule has 0 saturated heterocycles. The summed E-state index contributed by atoms with van der Waals surface area (Å²) in [6.07, 6.45) is 1.90. The number of hydrogen-bond acceptors (Lipinski definition) is 5. The molecule has 3 rings (SSSR count). The summed E-state index contributed by atoms with van der Waals surface area (Å²) in [5.41, 5.74) is 1.54. The number of nitrogens with zero attached hydrogens (tertiary/aromatic N) is 3. The van der Waals surface area contributed by atoms with E-state index in [1.54, 1.807) is 18.0 Å². The summed E-state index contributed by atoms with van der Waals surface area (Å²) < 4.78 is 1.37. The number of aromatic hydroxyl groups is 2. The molecule has 152 valence electrons. The average molecular weight is 395 g/mol. The van der Waals surface area contributed by atoms with Crippen molar-refractivity contribution in [2.24, 2.45) is 0 Å². The molecule has 3 aromatic rings. The predicted octanol–water partition coefficient (Wildman–Crippen LogP) is 3.00. The van der Waals surface area contributed by atoms with E-state index in [1.807, 2.05) is 25.1 Å². The zero-order valence-electron chi connectivity index (χ0n) is 16.7. The number of phenols is 2. The van der Waals surface area contributed by atoms with Crippen molar-refractivity contribution in [1.29, 1.82) is 5.41 Å². The van der Waals surface area contributed by atoms with Gasteiger partial charge in [0, 0.05) is 19.7 Å². The van der Waals surface area contributed by atoms with Crippen LogP contribution in [0.1, 0.15) is 30.9 Å². The molecule has 0 spiro atoms. The van der Waals surface area contributed by atoms with Gasteiger partial charge in [-0.25, -0.2) is 14.5 Å². The van der Waals surface area contributed by atoms with Crippen molar-refractivity contribution in [3.05, 3.63) is 58.0 Å². The van der Waals surface area contributed by atoms with E-state index in [2.05, 4.69) is 17.1 Å². The minimum atomic E-state index is -0.446. The maximum absolute atomic E-state index is 12.5. The zero-order chi connectivity index (χ0) is 21.1. The summed E-state index contributed by atoms with van der Waals surface area (Å²) in [5.74, 6) is -0.117. The quantitative estimate of drug-likeness (QED) is 0.378. The van der Waals surface area contributed by atoms with Gasteiger partial charge in [0.15, 0.2) is 5.82 Å². The Balaban J connectivity index is 2.13. The highest BCUT2D eigenvalue weighted by Crippen LogP contribution is 2.35. The number of aryl methyl sites for hydroxylation is 1. The summed E-state index contributed by atoms with van der Waals surface area (Å²) in [7, 11) is 1.78. The predicted molar refractivity (Wildman–Crippen MR) is 112 cm³/mol. The van der Waals surface area contributed by atoms with E-state index in [0.29, 0.717) is 12.2 Å². The molecule has 8 heteroatoms. The molecule has 29 heavy (non-hydrogen) atoms. The van der Waals surface area contributed by atoms with Gasteiger partial charge in [-0.15, -0.1) is 0 Å². The molecular weight excluding hydrogens is 370 g/mol. The molecule has 0 aliphatic heterocycles. The molecule has 0 amide bonds. The van der Waals surface area contributed by atoms with Gasteiger partial charge in [-0.3, -0.25) is 5.41 Å². The fraction of sp³-hybridized carbons (Fsp3) is 0.286. The van der Waals surface area contributed by atoms with Crippen molar-refractivity contribution < 1.29 is 10.2 Å². The van der Waals surface area contributed by atoms with Gasteiger partial charge in [0.1, 0.15) is 17.3 Å². The number of benzene rings is 2. The van der Waals surface area contributed by atoms with Crippen LogP contribution in [0.2, 0.25) is 0 Å². The Morgan fingerprint density at radius 1 is 1.24 bits per heavy atom. The third-order valence-electron chi connectivity index (χ3n) is 4.87. The van der Waals surface area contributed by atoms with Crippen LogP contribution in [0, 0.1) is 12.3 Å². The second kappa shape index (κ2) is 8.22. The van der Waals surface area contributed by atoms with E-state index >= 15 is 0 Å². The van der Waals surface area contributed by atoms with Gasteiger partial charge in [-0.2, -0.15) is 5.10 Å². The number of phenolic OH excluding ortho intramolecular Hbond substituents is 2. The third-order valence-corrected chi connectivity index (χ3v) is 4.87. The van der Waals surface area contributed by atoms with Gasteiger partial charge in [0.05, 0.1) is 16.8 Å². The van der Waals surface area contributed by atoms with Crippen LogP contribution in [-0.2, 0) is 0 Å². The first-order valence-electron chi connectivity index (χ1n) is 9.45. The second-order valence-corrected chi connectivity index (χ2v) is 6.98. The fourth-order valence-electron chi connectivity index (χ4n) is 3.17. The molecule has 1 aromatic heterocycles. The molecule has 0 bridgehead atoms. The maximum atomic E-state index is 12.5. The third kappa shape index (κ3) is 3.87. The SMILES string of the molecule is CCCCN(C)C(=N)c1cc(-c2n[nH]c(=O)n2-c2ccccc2C)c(O)cc1O. The summed E-state index contributed by atoms with van der Waals surface area (Å²) in [6, 6.07) is 10.0. The summed E-state index contributed by atoms with van der Waals surface area (Å²) in [6.45, 7) is 4.61. The van der Waals surface area contributed by atoms with Crippen molar-refractivity contribution in [3.8, 4) is 28.6 Å². The van der Waals surface area contributed by atoms with Crippen LogP contribution in [-0.4, -0.2) is 49.3 Å². The highest BCUT2D eigenvalue weighted by molar-refractivity contribution is 6.00. The molecule has 4 N–H and O–H groups in total. The van der Waals surface area contributed by atoms with Crippen LogP contribution >= 0.6 is 0 Å². The largest absolute Gasteiger partial charge is 0.507 e. The minimum Gasteiger partial charge on any atom is -0.507 e. The molecule has 0 aliphatic carbocycles. The highest BCUT2D eigenvalue weighted by atomic mass is 16.3. The van der Waals surface area contributed by atoms with Crippen LogP contribution in [0.3, 0.4) is 0 Å². The number of unbranched alkanes of at least 4 members (excludes halogenated alkanes) is 1. The van der Waals surface area contributed by atoms with E-state index in [4.69, 9.17) is 5.41 Å². The molecule has 0 saturated carbocycles. The Kier molecular flexibility index (Phi) is 5.72. The lowest BCUT2D eigenvalue weighted by Crippen LogP contribution is -2.27. The van der Waals surface area contributed by atoms with Gasteiger partial charge < -0.3 is 15.1 Å².